The molecule has 0 bridgehead atoms. The Morgan fingerprint density at radius 3 is 1.58 bits per heavy atom. The standard InChI is InChI=1S/C16H28N3/c1-10(2)18(11(3)4)15-14(17-9)16(15)19(12(5)6)13(7)8/h10-13H,1-8H3/q+1. The lowest BCUT2D eigenvalue weighted by molar-refractivity contribution is 0.429. The summed E-state index contributed by atoms with van der Waals surface area (Å²) in [4.78, 5) is 6.11. The third-order valence-electron chi connectivity index (χ3n) is 3.46. The van der Waals surface area contributed by atoms with Gasteiger partial charge in [0.25, 0.3) is 5.69 Å². The van der Waals surface area contributed by atoms with Gasteiger partial charge >= 0.3 is 0 Å². The summed E-state index contributed by atoms with van der Waals surface area (Å²) in [6, 6.07) is 1.69. The van der Waals surface area contributed by atoms with Crippen LogP contribution in [0.15, 0.2) is 0 Å². The second kappa shape index (κ2) is 5.77. The number of nitrogens with zero attached hydrogens (tertiary/aromatic N) is 3. The SMILES string of the molecule is [C-]#[N+]c1c(N(C(C)C)C(C)C)c1=[N+](C(C)C)C(C)C. The van der Waals surface area contributed by atoms with Gasteiger partial charge in [0.05, 0.1) is 6.57 Å². The lowest BCUT2D eigenvalue weighted by Gasteiger charge is -2.29. The fourth-order valence-electron chi connectivity index (χ4n) is 2.98. The molecule has 0 amide bonds. The Labute approximate surface area is 118 Å². The number of hydrogen-bond donors (Lipinski definition) is 0. The summed E-state index contributed by atoms with van der Waals surface area (Å²) < 4.78 is 2.36. The molecule has 0 spiro atoms. The summed E-state index contributed by atoms with van der Waals surface area (Å²) >= 11 is 0. The first-order valence-corrected chi connectivity index (χ1v) is 7.30. The molecule has 3 nitrogen and oxygen atoms in total. The Kier molecular flexibility index (Phi) is 4.79. The van der Waals surface area contributed by atoms with Crippen molar-refractivity contribution in [2.24, 2.45) is 0 Å². The zero-order valence-corrected chi connectivity index (χ0v) is 13.7. The molecule has 0 aromatic heterocycles. The van der Waals surface area contributed by atoms with Crippen molar-refractivity contribution < 1.29 is 0 Å². The molecule has 0 aliphatic heterocycles. The highest BCUT2D eigenvalue weighted by atomic mass is 15.2. The van der Waals surface area contributed by atoms with E-state index >= 15 is 0 Å². The van der Waals surface area contributed by atoms with Crippen molar-refractivity contribution in [2.45, 2.75) is 79.6 Å². The van der Waals surface area contributed by atoms with Crippen molar-refractivity contribution in [3.8, 4) is 0 Å². The molecule has 0 atom stereocenters. The lowest BCUT2D eigenvalue weighted by atomic mass is 10.2. The van der Waals surface area contributed by atoms with Crippen LogP contribution >= 0.6 is 0 Å². The van der Waals surface area contributed by atoms with E-state index in [0.29, 0.717) is 24.2 Å². The minimum absolute atomic E-state index is 0.422. The topological polar surface area (TPSA) is 10.6 Å². The van der Waals surface area contributed by atoms with Crippen LogP contribution in [0.2, 0.25) is 0 Å². The van der Waals surface area contributed by atoms with Gasteiger partial charge in [-0.05, 0) is 55.4 Å². The van der Waals surface area contributed by atoms with Crippen molar-refractivity contribution in [2.75, 3.05) is 4.90 Å². The van der Waals surface area contributed by atoms with Gasteiger partial charge in [0.2, 0.25) is 5.36 Å². The van der Waals surface area contributed by atoms with E-state index in [-0.39, 0.29) is 0 Å². The lowest BCUT2D eigenvalue weighted by Crippen LogP contribution is -2.41. The second-order valence-corrected chi connectivity index (χ2v) is 6.35. The molecule has 0 heterocycles. The van der Waals surface area contributed by atoms with Gasteiger partial charge in [-0.15, -0.1) is 0 Å². The Hall–Kier alpha value is -1.30. The van der Waals surface area contributed by atoms with Crippen LogP contribution in [0.1, 0.15) is 55.4 Å². The zero-order chi connectivity index (χ0) is 14.9. The molecular formula is C16H28N3+. The van der Waals surface area contributed by atoms with Crippen molar-refractivity contribution in [1.29, 1.82) is 0 Å². The normalized spacial score (nSPS) is 11.9. The van der Waals surface area contributed by atoms with Crippen molar-refractivity contribution in [3.05, 3.63) is 16.8 Å². The predicted octanol–water partition coefficient (Wildman–Crippen LogP) is 3.33. The van der Waals surface area contributed by atoms with E-state index in [0.717, 1.165) is 5.69 Å². The highest BCUT2D eigenvalue weighted by Crippen LogP contribution is 2.34. The molecular weight excluding hydrogens is 234 g/mol. The van der Waals surface area contributed by atoms with E-state index < -0.39 is 0 Å². The van der Waals surface area contributed by atoms with E-state index in [4.69, 9.17) is 6.57 Å². The van der Waals surface area contributed by atoms with Crippen molar-refractivity contribution in [3.63, 3.8) is 0 Å². The molecule has 19 heavy (non-hydrogen) atoms. The van der Waals surface area contributed by atoms with Gasteiger partial charge in [-0.3, -0.25) is 0 Å². The smallest absolute Gasteiger partial charge is 0.284 e. The minimum Gasteiger partial charge on any atom is -0.371 e. The molecule has 0 fully saturated rings. The molecule has 0 saturated carbocycles. The van der Waals surface area contributed by atoms with Gasteiger partial charge in [-0.1, -0.05) is 0 Å². The maximum absolute atomic E-state index is 7.42. The van der Waals surface area contributed by atoms with Gasteiger partial charge < -0.3 is 4.90 Å². The monoisotopic (exact) mass is 262 g/mol. The van der Waals surface area contributed by atoms with Crippen LogP contribution in [-0.2, 0) is 0 Å². The molecule has 0 aliphatic rings. The number of rotatable bonds is 5. The number of hydrogen-bond acceptors (Lipinski definition) is 1. The van der Waals surface area contributed by atoms with Crippen LogP contribution in [-0.4, -0.2) is 24.2 Å². The summed E-state index contributed by atoms with van der Waals surface area (Å²) in [5.41, 5.74) is 2.03. The van der Waals surface area contributed by atoms with Crippen LogP contribution in [0.3, 0.4) is 0 Å². The summed E-state index contributed by atoms with van der Waals surface area (Å²) in [7, 11) is 0. The second-order valence-electron chi connectivity index (χ2n) is 6.35. The molecule has 0 N–H and O–H groups in total. The fraction of sp³-hybridized carbons (Fsp3) is 0.750. The first-order chi connectivity index (χ1) is 8.73. The quantitative estimate of drug-likeness (QED) is 0.585. The average Bonchev–Trinajstić information content (AvgIpc) is 2.89. The Morgan fingerprint density at radius 1 is 0.895 bits per heavy atom. The van der Waals surface area contributed by atoms with Crippen LogP contribution in [0.5, 0.6) is 0 Å². The van der Waals surface area contributed by atoms with E-state index in [9.17, 15) is 0 Å². The maximum atomic E-state index is 7.42. The van der Waals surface area contributed by atoms with E-state index in [2.05, 4.69) is 69.7 Å². The first kappa shape index (κ1) is 15.8. The molecule has 0 saturated heterocycles. The average molecular weight is 262 g/mol. The van der Waals surface area contributed by atoms with Gasteiger partial charge in [0, 0.05) is 12.1 Å². The van der Waals surface area contributed by atoms with Gasteiger partial charge in [0.1, 0.15) is 17.8 Å². The van der Waals surface area contributed by atoms with Crippen LogP contribution in [0, 0.1) is 6.57 Å². The van der Waals surface area contributed by atoms with Crippen LogP contribution < -0.4 is 14.8 Å². The third-order valence-corrected chi connectivity index (χ3v) is 3.46. The molecule has 106 valence electrons. The summed E-state index contributed by atoms with van der Waals surface area (Å²) in [5, 5.41) is 1.17. The highest BCUT2D eigenvalue weighted by molar-refractivity contribution is 5.85. The summed E-state index contributed by atoms with van der Waals surface area (Å²) in [5.74, 6) is 0. The van der Waals surface area contributed by atoms with Gasteiger partial charge in [0.15, 0.2) is 0 Å². The Bertz CT molecular complexity index is 474. The molecule has 1 aromatic rings. The summed E-state index contributed by atoms with van der Waals surface area (Å²) in [6.45, 7) is 25.0. The summed E-state index contributed by atoms with van der Waals surface area (Å²) in [6.07, 6.45) is 0. The van der Waals surface area contributed by atoms with E-state index in [1.807, 2.05) is 0 Å². The van der Waals surface area contributed by atoms with Gasteiger partial charge in [-0.2, -0.15) is 0 Å². The fourth-order valence-corrected chi connectivity index (χ4v) is 2.98. The van der Waals surface area contributed by atoms with E-state index in [1.54, 1.807) is 0 Å². The van der Waals surface area contributed by atoms with Crippen LogP contribution in [0.25, 0.3) is 4.85 Å². The van der Waals surface area contributed by atoms with Crippen molar-refractivity contribution >= 4 is 11.4 Å². The minimum atomic E-state index is 0.422. The first-order valence-electron chi connectivity index (χ1n) is 7.30. The molecule has 0 aliphatic carbocycles. The molecule has 3 heteroatoms. The number of anilines is 1. The highest BCUT2D eigenvalue weighted by Gasteiger charge is 2.37. The zero-order valence-electron chi connectivity index (χ0n) is 13.7. The molecule has 0 radical (unpaired) electrons. The largest absolute Gasteiger partial charge is 0.371 e. The Morgan fingerprint density at radius 2 is 1.32 bits per heavy atom. The van der Waals surface area contributed by atoms with Crippen LogP contribution in [0.4, 0.5) is 11.4 Å². The molecule has 1 aromatic carbocycles. The maximum Gasteiger partial charge on any atom is 0.284 e. The van der Waals surface area contributed by atoms with Gasteiger partial charge in [-0.25, -0.2) is 9.42 Å². The van der Waals surface area contributed by atoms with Crippen molar-refractivity contribution in [1.82, 2.24) is 4.58 Å². The predicted molar refractivity (Wildman–Crippen MR) is 83.4 cm³/mol. The molecule has 1 rings (SSSR count). The third kappa shape index (κ3) is 3.00. The molecule has 0 unspecified atom stereocenters. The van der Waals surface area contributed by atoms with E-state index in [1.165, 1.54) is 11.0 Å². The Balaban J connectivity index is 3.42.